The number of benzene rings is 1. The number of anilines is 1. The van der Waals surface area contributed by atoms with Gasteiger partial charge in [0, 0.05) is 6.42 Å². The van der Waals surface area contributed by atoms with Gasteiger partial charge in [0.05, 0.1) is 5.69 Å². The van der Waals surface area contributed by atoms with Gasteiger partial charge in [-0.25, -0.2) is 4.39 Å². The smallest absolute Gasteiger partial charge is 0.224 e. The van der Waals surface area contributed by atoms with E-state index in [0.29, 0.717) is 18.9 Å². The molecular formula is C15H20FN3O. The molecule has 0 saturated carbocycles. The zero-order chi connectivity index (χ0) is 15.0. The Hall–Kier alpha value is -1.93. The van der Waals surface area contributed by atoms with Crippen LogP contribution in [0.4, 0.5) is 10.1 Å². The third kappa shape index (κ3) is 4.63. The van der Waals surface area contributed by atoms with Crippen LogP contribution in [0.15, 0.2) is 18.2 Å². The Bertz CT molecular complexity index is 496. The number of halogens is 1. The van der Waals surface area contributed by atoms with Gasteiger partial charge >= 0.3 is 0 Å². The van der Waals surface area contributed by atoms with Crippen molar-refractivity contribution in [1.82, 2.24) is 0 Å². The summed E-state index contributed by atoms with van der Waals surface area (Å²) in [5.41, 5.74) is 5.61. The number of nitrogens with zero attached hydrogens (tertiary/aromatic N) is 1. The molecule has 0 aromatic heterocycles. The van der Waals surface area contributed by atoms with Crippen molar-refractivity contribution in [3.63, 3.8) is 0 Å². The van der Waals surface area contributed by atoms with Gasteiger partial charge in [-0.1, -0.05) is 19.4 Å². The maximum atomic E-state index is 13.4. The Morgan fingerprint density at radius 1 is 1.50 bits per heavy atom. The minimum absolute atomic E-state index is 0.130. The highest BCUT2D eigenvalue weighted by Gasteiger charge is 2.12. The van der Waals surface area contributed by atoms with Crippen LogP contribution in [0.2, 0.25) is 0 Å². The van der Waals surface area contributed by atoms with Crippen molar-refractivity contribution >= 4 is 11.6 Å². The van der Waals surface area contributed by atoms with E-state index in [1.807, 2.05) is 0 Å². The molecule has 0 heterocycles. The maximum Gasteiger partial charge on any atom is 0.224 e. The molecule has 4 nitrogen and oxygen atoms in total. The van der Waals surface area contributed by atoms with Crippen LogP contribution in [-0.2, 0) is 4.79 Å². The molecule has 0 spiro atoms. The predicted octanol–water partition coefficient (Wildman–Crippen LogP) is 2.79. The second kappa shape index (κ2) is 8.28. The van der Waals surface area contributed by atoms with E-state index in [9.17, 15) is 9.18 Å². The van der Waals surface area contributed by atoms with E-state index in [2.05, 4.69) is 12.2 Å². The molecule has 0 saturated heterocycles. The van der Waals surface area contributed by atoms with Crippen molar-refractivity contribution in [2.75, 3.05) is 11.9 Å². The first-order chi connectivity index (χ1) is 9.62. The standard InChI is InChI=1S/C15H20FN3O/c1-2-11(8-9-17)6-7-15(20)19-14-5-3-4-13(16)12(14)10-18/h3-5,11H,2,6-9,17H2,1H3,(H,19,20). The van der Waals surface area contributed by atoms with E-state index in [4.69, 9.17) is 11.0 Å². The molecule has 1 aromatic rings. The van der Waals surface area contributed by atoms with E-state index in [0.717, 1.165) is 19.3 Å². The lowest BCUT2D eigenvalue weighted by atomic mass is 9.96. The number of amides is 1. The van der Waals surface area contributed by atoms with Gasteiger partial charge in [0.25, 0.3) is 0 Å². The van der Waals surface area contributed by atoms with Crippen molar-refractivity contribution in [3.8, 4) is 6.07 Å². The van der Waals surface area contributed by atoms with E-state index in [-0.39, 0.29) is 17.2 Å². The molecule has 1 atom stereocenters. The second-order valence-electron chi connectivity index (χ2n) is 4.71. The number of hydrogen-bond donors (Lipinski definition) is 2. The minimum atomic E-state index is -0.625. The zero-order valence-corrected chi connectivity index (χ0v) is 11.7. The van der Waals surface area contributed by atoms with Gasteiger partial charge in [0.15, 0.2) is 0 Å². The zero-order valence-electron chi connectivity index (χ0n) is 11.7. The molecule has 5 heteroatoms. The summed E-state index contributed by atoms with van der Waals surface area (Å²) in [7, 11) is 0. The number of nitrogens with one attached hydrogen (secondary N) is 1. The van der Waals surface area contributed by atoms with Crippen molar-refractivity contribution in [2.24, 2.45) is 11.7 Å². The lowest BCUT2D eigenvalue weighted by Gasteiger charge is -2.13. The average molecular weight is 277 g/mol. The molecule has 1 unspecified atom stereocenters. The first-order valence-electron chi connectivity index (χ1n) is 6.80. The average Bonchev–Trinajstić information content (AvgIpc) is 2.43. The normalized spacial score (nSPS) is 11.7. The maximum absolute atomic E-state index is 13.4. The first kappa shape index (κ1) is 16.1. The summed E-state index contributed by atoms with van der Waals surface area (Å²) in [6.45, 7) is 2.68. The molecule has 108 valence electrons. The third-order valence-corrected chi connectivity index (χ3v) is 3.33. The quantitative estimate of drug-likeness (QED) is 0.804. The molecular weight excluding hydrogens is 257 g/mol. The van der Waals surface area contributed by atoms with Crippen LogP contribution < -0.4 is 11.1 Å². The molecule has 1 rings (SSSR count). The molecule has 1 aromatic carbocycles. The summed E-state index contributed by atoms with van der Waals surface area (Å²) < 4.78 is 13.4. The van der Waals surface area contributed by atoms with E-state index in [1.165, 1.54) is 18.2 Å². The van der Waals surface area contributed by atoms with Crippen molar-refractivity contribution in [3.05, 3.63) is 29.6 Å². The summed E-state index contributed by atoms with van der Waals surface area (Å²) in [5.74, 6) is -0.406. The van der Waals surface area contributed by atoms with Crippen molar-refractivity contribution in [1.29, 1.82) is 5.26 Å². The van der Waals surface area contributed by atoms with E-state index < -0.39 is 5.82 Å². The van der Waals surface area contributed by atoms with Gasteiger partial charge < -0.3 is 11.1 Å². The molecule has 0 aliphatic carbocycles. The molecule has 3 N–H and O–H groups in total. The number of nitriles is 1. The topological polar surface area (TPSA) is 78.9 Å². The minimum Gasteiger partial charge on any atom is -0.330 e. The number of hydrogen-bond acceptors (Lipinski definition) is 3. The van der Waals surface area contributed by atoms with Crippen molar-refractivity contribution in [2.45, 2.75) is 32.6 Å². The Labute approximate surface area is 118 Å². The largest absolute Gasteiger partial charge is 0.330 e. The molecule has 0 aliphatic heterocycles. The van der Waals surface area contributed by atoms with Crippen LogP contribution in [0.1, 0.15) is 38.2 Å². The highest BCUT2D eigenvalue weighted by molar-refractivity contribution is 5.92. The van der Waals surface area contributed by atoms with Crippen LogP contribution in [0.3, 0.4) is 0 Å². The van der Waals surface area contributed by atoms with Gasteiger partial charge in [0.1, 0.15) is 17.4 Å². The number of nitrogens with two attached hydrogens (primary N) is 1. The van der Waals surface area contributed by atoms with Gasteiger partial charge in [-0.2, -0.15) is 5.26 Å². The molecule has 20 heavy (non-hydrogen) atoms. The summed E-state index contributed by atoms with van der Waals surface area (Å²) in [4.78, 5) is 11.8. The van der Waals surface area contributed by atoms with E-state index in [1.54, 1.807) is 6.07 Å². The van der Waals surface area contributed by atoms with Crippen LogP contribution in [0.5, 0.6) is 0 Å². The summed E-state index contributed by atoms with van der Waals surface area (Å²) >= 11 is 0. The molecule has 0 fully saturated rings. The molecule has 0 bridgehead atoms. The molecule has 0 aliphatic rings. The first-order valence-corrected chi connectivity index (χ1v) is 6.80. The third-order valence-electron chi connectivity index (χ3n) is 3.33. The summed E-state index contributed by atoms with van der Waals surface area (Å²) in [6, 6.07) is 5.95. The van der Waals surface area contributed by atoms with Crippen molar-refractivity contribution < 1.29 is 9.18 Å². The second-order valence-corrected chi connectivity index (χ2v) is 4.71. The summed E-state index contributed by atoms with van der Waals surface area (Å²) in [6.07, 6.45) is 2.97. The monoisotopic (exact) mass is 277 g/mol. The van der Waals surface area contributed by atoms with E-state index >= 15 is 0 Å². The van der Waals surface area contributed by atoms with Crippen LogP contribution in [0.25, 0.3) is 0 Å². The number of carbonyl (C=O) groups is 1. The fraction of sp³-hybridized carbons (Fsp3) is 0.467. The van der Waals surface area contributed by atoms with Crippen LogP contribution in [-0.4, -0.2) is 12.5 Å². The predicted molar refractivity (Wildman–Crippen MR) is 76.4 cm³/mol. The molecule has 0 radical (unpaired) electrons. The Morgan fingerprint density at radius 2 is 2.25 bits per heavy atom. The Kier molecular flexibility index (Phi) is 6.68. The lowest BCUT2D eigenvalue weighted by molar-refractivity contribution is -0.116. The van der Waals surface area contributed by atoms with Crippen LogP contribution in [0, 0.1) is 23.1 Å². The van der Waals surface area contributed by atoms with Crippen LogP contribution >= 0.6 is 0 Å². The van der Waals surface area contributed by atoms with Gasteiger partial charge in [-0.15, -0.1) is 0 Å². The molecule has 1 amide bonds. The highest BCUT2D eigenvalue weighted by Crippen LogP contribution is 2.19. The Balaban J connectivity index is 2.59. The highest BCUT2D eigenvalue weighted by atomic mass is 19.1. The van der Waals surface area contributed by atoms with Gasteiger partial charge in [-0.05, 0) is 37.4 Å². The fourth-order valence-corrected chi connectivity index (χ4v) is 2.08. The number of carbonyl (C=O) groups excluding carboxylic acids is 1. The SMILES string of the molecule is CCC(CCN)CCC(=O)Nc1cccc(F)c1C#N. The lowest BCUT2D eigenvalue weighted by Crippen LogP contribution is -2.16. The Morgan fingerprint density at radius 3 is 2.85 bits per heavy atom. The number of rotatable bonds is 7. The fourth-order valence-electron chi connectivity index (χ4n) is 2.08. The van der Waals surface area contributed by atoms with Gasteiger partial charge in [-0.3, -0.25) is 4.79 Å². The summed E-state index contributed by atoms with van der Waals surface area (Å²) in [5, 5.41) is 11.5. The van der Waals surface area contributed by atoms with Gasteiger partial charge in [0.2, 0.25) is 5.91 Å².